The molecule has 4 heteroatoms. The second-order valence-electron chi connectivity index (χ2n) is 3.27. The number of hydrogen-bond donors (Lipinski definition) is 0. The maximum atomic E-state index is 5.62. The van der Waals surface area contributed by atoms with Gasteiger partial charge in [-0.15, -0.1) is 0 Å². The predicted octanol–water partition coefficient (Wildman–Crippen LogP) is 4.31. The highest BCUT2D eigenvalue weighted by Crippen LogP contribution is 2.29. The van der Waals surface area contributed by atoms with Crippen LogP contribution in [0.5, 0.6) is 10.9 Å². The van der Waals surface area contributed by atoms with Crippen molar-refractivity contribution in [2.24, 2.45) is 0 Å². The summed E-state index contributed by atoms with van der Waals surface area (Å²) in [4.78, 5) is 4.08. The summed E-state index contributed by atoms with van der Waals surface area (Å²) in [7, 11) is 0. The van der Waals surface area contributed by atoms with E-state index in [0.29, 0.717) is 5.19 Å². The van der Waals surface area contributed by atoms with E-state index in [1.807, 2.05) is 31.4 Å². The van der Waals surface area contributed by atoms with Gasteiger partial charge in [-0.3, -0.25) is 0 Å². The zero-order valence-corrected chi connectivity index (χ0v) is 10.9. The van der Waals surface area contributed by atoms with Crippen molar-refractivity contribution >= 4 is 27.3 Å². The van der Waals surface area contributed by atoms with Crippen molar-refractivity contribution < 1.29 is 4.74 Å². The molecule has 2 nitrogen and oxygen atoms in total. The molecule has 0 atom stereocenters. The van der Waals surface area contributed by atoms with Crippen LogP contribution in [0.1, 0.15) is 11.1 Å². The number of thiazole rings is 1. The van der Waals surface area contributed by atoms with Gasteiger partial charge in [0.15, 0.2) is 0 Å². The molecule has 0 fully saturated rings. The van der Waals surface area contributed by atoms with Crippen LogP contribution in [0.2, 0.25) is 0 Å². The smallest absolute Gasteiger partial charge is 0.278 e. The molecule has 1 aromatic carbocycles. The Kier molecular flexibility index (Phi) is 3.07. The van der Waals surface area contributed by atoms with Gasteiger partial charge >= 0.3 is 0 Å². The summed E-state index contributed by atoms with van der Waals surface area (Å²) >= 11 is 5.01. The standard InChI is InChI=1S/C11H10BrNOS/c1-7-5-9(6-8(2)10(7)12)14-11-13-3-4-15-11/h3-6H,1-2H3. The fourth-order valence-electron chi connectivity index (χ4n) is 1.33. The molecule has 0 aliphatic carbocycles. The van der Waals surface area contributed by atoms with E-state index in [0.717, 1.165) is 10.2 Å². The first-order valence-corrected chi connectivity index (χ1v) is 6.18. The monoisotopic (exact) mass is 283 g/mol. The van der Waals surface area contributed by atoms with E-state index in [-0.39, 0.29) is 0 Å². The summed E-state index contributed by atoms with van der Waals surface area (Å²) in [5.41, 5.74) is 2.34. The van der Waals surface area contributed by atoms with Crippen LogP contribution >= 0.6 is 27.3 Å². The lowest BCUT2D eigenvalue weighted by Crippen LogP contribution is -1.87. The molecule has 0 radical (unpaired) electrons. The highest BCUT2D eigenvalue weighted by Gasteiger charge is 2.05. The summed E-state index contributed by atoms with van der Waals surface area (Å²) in [5.74, 6) is 0.836. The SMILES string of the molecule is Cc1cc(Oc2nccs2)cc(C)c1Br. The van der Waals surface area contributed by atoms with Crippen molar-refractivity contribution in [3.63, 3.8) is 0 Å². The number of nitrogens with zero attached hydrogens (tertiary/aromatic N) is 1. The van der Waals surface area contributed by atoms with Gasteiger partial charge in [-0.1, -0.05) is 27.3 Å². The Bertz CT molecular complexity index is 444. The minimum Gasteiger partial charge on any atom is -0.431 e. The lowest BCUT2D eigenvalue weighted by Gasteiger charge is -2.07. The molecule has 0 aliphatic rings. The number of benzene rings is 1. The largest absolute Gasteiger partial charge is 0.431 e. The highest BCUT2D eigenvalue weighted by atomic mass is 79.9. The van der Waals surface area contributed by atoms with E-state index in [1.165, 1.54) is 22.5 Å². The van der Waals surface area contributed by atoms with E-state index < -0.39 is 0 Å². The fraction of sp³-hybridized carbons (Fsp3) is 0.182. The quantitative estimate of drug-likeness (QED) is 0.819. The molecule has 2 rings (SSSR count). The Morgan fingerprint density at radius 1 is 1.27 bits per heavy atom. The molecule has 1 heterocycles. The average molecular weight is 284 g/mol. The molecule has 0 saturated carbocycles. The average Bonchev–Trinajstić information content (AvgIpc) is 2.66. The minimum absolute atomic E-state index is 0.677. The third-order valence-electron chi connectivity index (χ3n) is 2.02. The first-order valence-electron chi connectivity index (χ1n) is 4.51. The number of ether oxygens (including phenoxy) is 1. The lowest BCUT2D eigenvalue weighted by molar-refractivity contribution is 0.478. The van der Waals surface area contributed by atoms with Crippen molar-refractivity contribution in [3.8, 4) is 10.9 Å². The third-order valence-corrected chi connectivity index (χ3v) is 3.92. The molecule has 1 aromatic heterocycles. The topological polar surface area (TPSA) is 22.1 Å². The Morgan fingerprint density at radius 2 is 1.93 bits per heavy atom. The van der Waals surface area contributed by atoms with Gasteiger partial charge in [0.25, 0.3) is 5.19 Å². The summed E-state index contributed by atoms with van der Waals surface area (Å²) in [6, 6.07) is 4.00. The van der Waals surface area contributed by atoms with Crippen LogP contribution in [0.4, 0.5) is 0 Å². The molecular formula is C11H10BrNOS. The van der Waals surface area contributed by atoms with E-state index in [1.54, 1.807) is 6.20 Å². The molecule has 0 unspecified atom stereocenters. The first-order chi connectivity index (χ1) is 7.16. The Balaban J connectivity index is 2.30. The van der Waals surface area contributed by atoms with E-state index >= 15 is 0 Å². The van der Waals surface area contributed by atoms with Crippen LogP contribution in [0.3, 0.4) is 0 Å². The van der Waals surface area contributed by atoms with Crippen molar-refractivity contribution in [2.45, 2.75) is 13.8 Å². The van der Waals surface area contributed by atoms with Gasteiger partial charge in [-0.2, -0.15) is 0 Å². The lowest BCUT2D eigenvalue weighted by atomic mass is 10.1. The molecule has 0 spiro atoms. The van der Waals surface area contributed by atoms with Gasteiger partial charge in [0.05, 0.1) is 0 Å². The van der Waals surface area contributed by atoms with Crippen LogP contribution in [0.15, 0.2) is 28.2 Å². The minimum atomic E-state index is 0.677. The van der Waals surface area contributed by atoms with Crippen LogP contribution in [-0.2, 0) is 0 Å². The zero-order valence-electron chi connectivity index (χ0n) is 8.45. The maximum Gasteiger partial charge on any atom is 0.278 e. The van der Waals surface area contributed by atoms with Crippen molar-refractivity contribution in [2.75, 3.05) is 0 Å². The molecule has 15 heavy (non-hydrogen) atoms. The van der Waals surface area contributed by atoms with Crippen molar-refractivity contribution in [1.29, 1.82) is 0 Å². The van der Waals surface area contributed by atoms with Crippen molar-refractivity contribution in [3.05, 3.63) is 39.3 Å². The van der Waals surface area contributed by atoms with Crippen LogP contribution in [0, 0.1) is 13.8 Å². The third kappa shape index (κ3) is 2.38. The van der Waals surface area contributed by atoms with E-state index in [9.17, 15) is 0 Å². The molecule has 0 N–H and O–H groups in total. The van der Waals surface area contributed by atoms with E-state index in [2.05, 4.69) is 20.9 Å². The van der Waals surface area contributed by atoms with Gasteiger partial charge < -0.3 is 4.74 Å². The van der Waals surface area contributed by atoms with E-state index in [4.69, 9.17) is 4.74 Å². The number of hydrogen-bond acceptors (Lipinski definition) is 3. The predicted molar refractivity (Wildman–Crippen MR) is 65.8 cm³/mol. The Hall–Kier alpha value is -0.870. The summed E-state index contributed by atoms with van der Waals surface area (Å²) in [6.45, 7) is 4.09. The number of aryl methyl sites for hydroxylation is 2. The molecular weight excluding hydrogens is 274 g/mol. The number of aromatic nitrogens is 1. The van der Waals surface area contributed by atoms with Gasteiger partial charge in [-0.05, 0) is 37.1 Å². The molecule has 0 amide bonds. The van der Waals surface area contributed by atoms with Crippen molar-refractivity contribution in [1.82, 2.24) is 4.98 Å². The number of rotatable bonds is 2. The summed E-state index contributed by atoms with van der Waals surface area (Å²) in [5, 5.41) is 2.57. The summed E-state index contributed by atoms with van der Waals surface area (Å²) in [6.07, 6.45) is 1.73. The fourth-order valence-corrected chi connectivity index (χ4v) is 2.06. The van der Waals surface area contributed by atoms with Gasteiger partial charge in [0, 0.05) is 16.0 Å². The van der Waals surface area contributed by atoms with Crippen LogP contribution in [0.25, 0.3) is 0 Å². The van der Waals surface area contributed by atoms with Gasteiger partial charge in [-0.25, -0.2) is 4.98 Å². The second kappa shape index (κ2) is 4.33. The molecule has 0 bridgehead atoms. The first kappa shape index (κ1) is 10.6. The molecule has 2 aromatic rings. The Morgan fingerprint density at radius 3 is 2.47 bits per heavy atom. The van der Waals surface area contributed by atoms with Gasteiger partial charge in [0.1, 0.15) is 5.75 Å². The maximum absolute atomic E-state index is 5.62. The highest BCUT2D eigenvalue weighted by molar-refractivity contribution is 9.10. The molecule has 78 valence electrons. The zero-order chi connectivity index (χ0) is 10.8. The molecule has 0 saturated heterocycles. The van der Waals surface area contributed by atoms with Crippen LogP contribution in [-0.4, -0.2) is 4.98 Å². The Labute approximate surface area is 101 Å². The normalized spacial score (nSPS) is 10.3. The summed E-state index contributed by atoms with van der Waals surface area (Å²) < 4.78 is 6.75. The molecule has 0 aliphatic heterocycles. The van der Waals surface area contributed by atoms with Crippen LogP contribution < -0.4 is 4.74 Å². The number of halogens is 1. The second-order valence-corrected chi connectivity index (χ2v) is 4.92. The van der Waals surface area contributed by atoms with Gasteiger partial charge in [0.2, 0.25) is 0 Å².